The van der Waals surface area contributed by atoms with Crippen molar-refractivity contribution < 1.29 is 47.9 Å². The molecule has 12 atom stereocenters. The molecule has 3 aliphatic heterocycles. The fourth-order valence-electron chi connectivity index (χ4n) is 9.71. The van der Waals surface area contributed by atoms with Gasteiger partial charge in [0.05, 0.1) is 18.3 Å². The largest absolute Gasteiger partial charge is 0.458 e. The van der Waals surface area contributed by atoms with Crippen LogP contribution in [-0.4, -0.2) is 161 Å². The number of rotatable bonds is 12. The standard InChI is InChI=1S/C44H71N7O10/c1-13-35-43(7)38(51(42(55)61-43)20-15-14-19-50-25-33(46-47-50)31-17-16-18-32(45)22-31)30(6)49(10)24-26(2)23-44(56-11,57-12)39(28(4)36(52)29(5)40(54)59-35)60-41-37(53)34(48(8)9)21-27(3)58-41/h16-18,22,25-30,34-35,37-39,41,53H,13-15,19-21,23-24,45H2,1-12H3/t26-,27-,28+,29-,30-,34?,35-,37?,38-,39-,41+,43-/m1/s1. The Morgan fingerprint density at radius 1 is 1.05 bits per heavy atom. The van der Waals surface area contributed by atoms with Crippen LogP contribution in [0.25, 0.3) is 11.3 Å². The van der Waals surface area contributed by atoms with Gasteiger partial charge in [-0.2, -0.15) is 0 Å². The maximum absolute atomic E-state index is 14.5. The first-order valence-corrected chi connectivity index (χ1v) is 21.8. The number of unbranched alkanes of at least 4 members (excludes halogenated alkanes) is 1. The number of ether oxygens (including phenoxy) is 6. The zero-order valence-corrected chi connectivity index (χ0v) is 38.3. The molecule has 0 aliphatic carbocycles. The van der Waals surface area contributed by atoms with Gasteiger partial charge in [-0.25, -0.2) is 4.79 Å². The number of benzene rings is 1. The van der Waals surface area contributed by atoms with Gasteiger partial charge >= 0.3 is 12.1 Å². The number of methoxy groups -OCH3 is 2. The molecule has 2 aromatic rings. The predicted octanol–water partition coefficient (Wildman–Crippen LogP) is 4.21. The molecule has 2 unspecified atom stereocenters. The number of ketones is 1. The summed E-state index contributed by atoms with van der Waals surface area (Å²) >= 11 is 0. The lowest BCUT2D eigenvalue weighted by molar-refractivity contribution is -0.341. The molecule has 17 heteroatoms. The van der Waals surface area contributed by atoms with Crippen molar-refractivity contribution in [3.63, 3.8) is 0 Å². The lowest BCUT2D eigenvalue weighted by Crippen LogP contribution is -2.61. The van der Waals surface area contributed by atoms with Gasteiger partial charge in [0.15, 0.2) is 23.5 Å². The summed E-state index contributed by atoms with van der Waals surface area (Å²) in [4.78, 5) is 48.4. The van der Waals surface area contributed by atoms with Crippen LogP contribution in [0, 0.1) is 17.8 Å². The fourth-order valence-corrected chi connectivity index (χ4v) is 9.71. The van der Waals surface area contributed by atoms with Gasteiger partial charge in [-0.1, -0.05) is 38.1 Å². The number of hydrogen-bond acceptors (Lipinski definition) is 15. The summed E-state index contributed by atoms with van der Waals surface area (Å²) in [7, 11) is 8.78. The zero-order valence-electron chi connectivity index (χ0n) is 38.3. The second kappa shape index (κ2) is 20.2. The van der Waals surface area contributed by atoms with Gasteiger partial charge in [0.2, 0.25) is 0 Å². The van der Waals surface area contributed by atoms with Crippen LogP contribution in [0.5, 0.6) is 0 Å². The number of carbonyl (C=O) groups is 3. The Hall–Kier alpha value is -3.71. The number of cyclic esters (lactones) is 1. The molecule has 3 saturated heterocycles. The maximum atomic E-state index is 14.5. The third kappa shape index (κ3) is 10.4. The number of fused-ring (bicyclic) bond motifs is 1. The van der Waals surface area contributed by atoms with Crippen molar-refractivity contribution in [2.75, 3.05) is 54.2 Å². The number of aliphatic hydroxyl groups excluding tert-OH is 1. The Kier molecular flexibility index (Phi) is 16.0. The van der Waals surface area contributed by atoms with Crippen LogP contribution in [-0.2, 0) is 44.6 Å². The number of nitrogens with two attached hydrogens (primary N) is 1. The number of amides is 1. The number of carbonyl (C=O) groups excluding carboxylic acids is 3. The fraction of sp³-hybridized carbons (Fsp3) is 0.750. The van der Waals surface area contributed by atoms with Crippen LogP contribution >= 0.6 is 0 Å². The maximum Gasteiger partial charge on any atom is 0.410 e. The summed E-state index contributed by atoms with van der Waals surface area (Å²) in [5.74, 6) is -5.04. The highest BCUT2D eigenvalue weighted by atomic mass is 16.7. The second-order valence-corrected chi connectivity index (χ2v) is 18.0. The molecule has 5 rings (SSSR count). The highest BCUT2D eigenvalue weighted by Crippen LogP contribution is 2.41. The summed E-state index contributed by atoms with van der Waals surface area (Å²) in [5, 5.41) is 20.1. The molecule has 0 bridgehead atoms. The van der Waals surface area contributed by atoms with Crippen molar-refractivity contribution >= 4 is 23.5 Å². The van der Waals surface area contributed by atoms with Gasteiger partial charge < -0.3 is 49.1 Å². The van der Waals surface area contributed by atoms with Crippen molar-refractivity contribution in [1.29, 1.82) is 0 Å². The highest BCUT2D eigenvalue weighted by molar-refractivity contribution is 6.00. The van der Waals surface area contributed by atoms with Crippen molar-refractivity contribution in [3.8, 4) is 11.3 Å². The average Bonchev–Trinajstić information content (AvgIpc) is 3.80. The minimum atomic E-state index is -1.50. The summed E-state index contributed by atoms with van der Waals surface area (Å²) in [6.45, 7) is 14.4. The van der Waals surface area contributed by atoms with Crippen LogP contribution in [0.1, 0.15) is 80.6 Å². The normalized spacial score (nSPS) is 34.4. The lowest BCUT2D eigenvalue weighted by Gasteiger charge is -2.47. The van der Waals surface area contributed by atoms with Crippen molar-refractivity contribution in [2.45, 2.75) is 147 Å². The number of aliphatic hydroxyl groups is 1. The van der Waals surface area contributed by atoms with Crippen LogP contribution in [0.3, 0.4) is 0 Å². The molecule has 0 spiro atoms. The van der Waals surface area contributed by atoms with Gasteiger partial charge in [-0.15, -0.1) is 5.10 Å². The molecule has 342 valence electrons. The molecule has 1 amide bonds. The van der Waals surface area contributed by atoms with Gasteiger partial charge in [0.1, 0.15) is 29.9 Å². The lowest BCUT2D eigenvalue weighted by atomic mass is 9.83. The summed E-state index contributed by atoms with van der Waals surface area (Å²) in [6, 6.07) is 6.40. The molecule has 4 heterocycles. The summed E-state index contributed by atoms with van der Waals surface area (Å²) in [6.07, 6.45) is -0.477. The van der Waals surface area contributed by atoms with Crippen molar-refractivity contribution in [1.82, 2.24) is 29.7 Å². The number of aryl methyl sites for hydroxylation is 1. The molecule has 61 heavy (non-hydrogen) atoms. The number of nitrogens with zero attached hydrogens (tertiary/aromatic N) is 6. The molecule has 3 N–H and O–H groups in total. The molecule has 0 radical (unpaired) electrons. The molecular formula is C44H71N7O10. The van der Waals surface area contributed by atoms with E-state index in [1.165, 1.54) is 21.1 Å². The van der Waals surface area contributed by atoms with E-state index in [2.05, 4.69) is 29.1 Å². The molecule has 1 aromatic carbocycles. The molecule has 3 fully saturated rings. The van der Waals surface area contributed by atoms with E-state index in [1.807, 2.05) is 77.3 Å². The van der Waals surface area contributed by atoms with E-state index >= 15 is 0 Å². The van der Waals surface area contributed by atoms with Gasteiger partial charge in [-0.05, 0) is 92.6 Å². The first-order valence-electron chi connectivity index (χ1n) is 21.8. The number of nitrogen functional groups attached to an aromatic ring is 1. The summed E-state index contributed by atoms with van der Waals surface area (Å²) < 4.78 is 39.6. The van der Waals surface area contributed by atoms with E-state index in [9.17, 15) is 19.5 Å². The van der Waals surface area contributed by atoms with Crippen molar-refractivity contribution in [3.05, 3.63) is 30.5 Å². The predicted molar refractivity (Wildman–Crippen MR) is 228 cm³/mol. The van der Waals surface area contributed by atoms with Crippen LogP contribution < -0.4 is 5.73 Å². The Morgan fingerprint density at radius 2 is 1.74 bits per heavy atom. The van der Waals surface area contributed by atoms with E-state index in [0.717, 1.165) is 11.3 Å². The van der Waals surface area contributed by atoms with E-state index in [0.29, 0.717) is 51.0 Å². The highest BCUT2D eigenvalue weighted by Gasteiger charge is 2.59. The van der Waals surface area contributed by atoms with Crippen LogP contribution in [0.4, 0.5) is 10.5 Å². The minimum absolute atomic E-state index is 0.119. The Bertz CT molecular complexity index is 1790. The quantitative estimate of drug-likeness (QED) is 0.101. The molecule has 3 aliphatic rings. The molecule has 1 aromatic heterocycles. The smallest absolute Gasteiger partial charge is 0.410 e. The Morgan fingerprint density at radius 3 is 2.38 bits per heavy atom. The zero-order chi connectivity index (χ0) is 45.0. The molecule has 0 saturated carbocycles. The Labute approximate surface area is 361 Å². The van der Waals surface area contributed by atoms with Gasteiger partial charge in [0, 0.05) is 69.5 Å². The third-order valence-corrected chi connectivity index (χ3v) is 13.2. The first kappa shape index (κ1) is 48.3. The first-order chi connectivity index (χ1) is 28.8. The second-order valence-electron chi connectivity index (χ2n) is 18.0. The van der Waals surface area contributed by atoms with E-state index < -0.39 is 71.7 Å². The van der Waals surface area contributed by atoms with Gasteiger partial charge in [0.25, 0.3) is 0 Å². The average molecular weight is 858 g/mol. The van der Waals surface area contributed by atoms with Crippen LogP contribution in [0.2, 0.25) is 0 Å². The third-order valence-electron chi connectivity index (χ3n) is 13.2. The molecule has 17 nitrogen and oxygen atoms in total. The van der Waals surface area contributed by atoms with Crippen molar-refractivity contribution in [2.24, 2.45) is 17.8 Å². The Balaban J connectivity index is 1.42. The van der Waals surface area contributed by atoms with Gasteiger partial charge in [-0.3, -0.25) is 19.2 Å². The van der Waals surface area contributed by atoms with Crippen LogP contribution in [0.15, 0.2) is 30.5 Å². The monoisotopic (exact) mass is 858 g/mol. The number of anilines is 1. The number of esters is 1. The van der Waals surface area contributed by atoms with E-state index in [-0.39, 0.29) is 30.5 Å². The topological polar surface area (TPSA) is 193 Å². The number of hydrogen-bond donors (Lipinski definition) is 2. The summed E-state index contributed by atoms with van der Waals surface area (Å²) in [5.41, 5.74) is 6.97. The number of Topliss-reactive ketones (excluding diaryl/α,β-unsaturated/α-hetero) is 1. The number of likely N-dealkylation sites (N-methyl/N-ethyl adjacent to an activating group) is 2. The molecular weight excluding hydrogens is 787 g/mol. The van der Waals surface area contributed by atoms with E-state index in [1.54, 1.807) is 16.5 Å². The number of aromatic nitrogens is 3. The van der Waals surface area contributed by atoms with E-state index in [4.69, 9.17) is 34.2 Å². The SMILES string of the molecule is CC[C@H]1OC(=O)[C@H](C)C(=O)[C@H](C)[C@@H](O[C@@H]2O[C@H](C)CC(N(C)C)C2O)C(OC)(OC)C[C@@H](C)CN(C)[C@H](C)[C@H]2N(CCCCn3cc(-c4cccc(N)c4)nn3)C(=O)O[C@]12C. The minimum Gasteiger partial charge on any atom is -0.458 e.